The summed E-state index contributed by atoms with van der Waals surface area (Å²) in [6.07, 6.45) is 4.57. The molecule has 30 heavy (non-hydrogen) atoms. The molecular formula is C22H35FIN5O. The minimum atomic E-state index is -0.229. The molecule has 6 nitrogen and oxygen atoms in total. The topological polar surface area (TPSA) is 60.0 Å². The average Bonchev–Trinajstić information content (AvgIpc) is 3.28. The summed E-state index contributed by atoms with van der Waals surface area (Å²) in [4.78, 5) is 21.6. The monoisotopic (exact) mass is 531 g/mol. The normalized spacial score (nSPS) is 18.2. The van der Waals surface area contributed by atoms with Crippen LogP contribution in [0.2, 0.25) is 0 Å². The number of guanidine groups is 1. The molecule has 1 heterocycles. The van der Waals surface area contributed by atoms with E-state index in [-0.39, 0.29) is 35.7 Å². The van der Waals surface area contributed by atoms with Crippen molar-refractivity contribution in [1.82, 2.24) is 20.4 Å². The molecule has 0 atom stereocenters. The zero-order valence-electron chi connectivity index (χ0n) is 17.9. The summed E-state index contributed by atoms with van der Waals surface area (Å²) in [5.74, 6) is 1.20. The molecule has 0 aromatic heterocycles. The van der Waals surface area contributed by atoms with Gasteiger partial charge in [0.05, 0.1) is 6.54 Å². The Hall–Kier alpha value is -1.42. The standard InChI is InChI=1S/C22H34FN5O.HI/c1-2-24-22(26-17-18-7-9-20(23)10-8-18)25-11-12-27-13-15-28(16-14-27)21(29)19-5-3-4-6-19;/h7-10,19H,2-6,11-17H2,1H3,(H2,24,25,26);1H. The molecule has 1 saturated heterocycles. The first-order valence-corrected chi connectivity index (χ1v) is 10.9. The Morgan fingerprint density at radius 1 is 1.10 bits per heavy atom. The maximum atomic E-state index is 13.0. The fourth-order valence-corrected chi connectivity index (χ4v) is 4.06. The summed E-state index contributed by atoms with van der Waals surface area (Å²) in [6.45, 7) is 8.61. The van der Waals surface area contributed by atoms with Crippen LogP contribution in [-0.4, -0.2) is 67.5 Å². The van der Waals surface area contributed by atoms with Gasteiger partial charge in [-0.25, -0.2) is 9.38 Å². The lowest BCUT2D eigenvalue weighted by Crippen LogP contribution is -2.51. The van der Waals surface area contributed by atoms with Crippen molar-refractivity contribution in [3.05, 3.63) is 35.6 Å². The van der Waals surface area contributed by atoms with E-state index < -0.39 is 0 Å². The van der Waals surface area contributed by atoms with Gasteiger partial charge in [0.25, 0.3) is 0 Å². The predicted octanol–water partition coefficient (Wildman–Crippen LogP) is 2.83. The van der Waals surface area contributed by atoms with Crippen molar-refractivity contribution in [1.29, 1.82) is 0 Å². The van der Waals surface area contributed by atoms with Crippen LogP contribution in [0.4, 0.5) is 4.39 Å². The molecule has 1 aromatic carbocycles. The number of halogens is 2. The van der Waals surface area contributed by atoms with Gasteiger partial charge in [0, 0.05) is 51.7 Å². The third-order valence-corrected chi connectivity index (χ3v) is 5.79. The molecule has 0 bridgehead atoms. The van der Waals surface area contributed by atoms with Crippen molar-refractivity contribution in [2.45, 2.75) is 39.2 Å². The van der Waals surface area contributed by atoms with E-state index >= 15 is 0 Å². The lowest BCUT2D eigenvalue weighted by Gasteiger charge is -2.36. The highest BCUT2D eigenvalue weighted by atomic mass is 127. The molecule has 2 N–H and O–H groups in total. The molecule has 3 rings (SSSR count). The first kappa shape index (κ1) is 24.8. The lowest BCUT2D eigenvalue weighted by atomic mass is 10.1. The first-order chi connectivity index (χ1) is 14.2. The van der Waals surface area contributed by atoms with Gasteiger partial charge in [0.15, 0.2) is 5.96 Å². The van der Waals surface area contributed by atoms with Gasteiger partial charge in [-0.3, -0.25) is 9.69 Å². The van der Waals surface area contributed by atoms with Crippen molar-refractivity contribution in [3.63, 3.8) is 0 Å². The number of nitrogens with one attached hydrogen (secondary N) is 2. The molecule has 8 heteroatoms. The zero-order chi connectivity index (χ0) is 20.5. The Kier molecular flexibility index (Phi) is 10.8. The van der Waals surface area contributed by atoms with Crippen LogP contribution < -0.4 is 10.6 Å². The Balaban J connectivity index is 0.00000320. The number of carbonyl (C=O) groups excluding carboxylic acids is 1. The third-order valence-electron chi connectivity index (χ3n) is 5.79. The molecule has 0 spiro atoms. The fraction of sp³-hybridized carbons (Fsp3) is 0.636. The van der Waals surface area contributed by atoms with Crippen LogP contribution >= 0.6 is 24.0 Å². The Labute approximate surface area is 196 Å². The Morgan fingerprint density at radius 2 is 1.77 bits per heavy atom. The van der Waals surface area contributed by atoms with E-state index in [1.54, 1.807) is 12.1 Å². The second kappa shape index (κ2) is 13.1. The Morgan fingerprint density at radius 3 is 2.40 bits per heavy atom. The summed E-state index contributed by atoms with van der Waals surface area (Å²) >= 11 is 0. The number of rotatable bonds is 7. The minimum absolute atomic E-state index is 0. The van der Waals surface area contributed by atoms with Gasteiger partial charge in [0.2, 0.25) is 5.91 Å². The first-order valence-electron chi connectivity index (χ1n) is 10.9. The van der Waals surface area contributed by atoms with Crippen molar-refractivity contribution < 1.29 is 9.18 Å². The molecule has 2 fully saturated rings. The van der Waals surface area contributed by atoms with E-state index in [1.807, 2.05) is 6.92 Å². The van der Waals surface area contributed by atoms with Crippen LogP contribution in [0.1, 0.15) is 38.2 Å². The van der Waals surface area contributed by atoms with Crippen LogP contribution in [0.15, 0.2) is 29.3 Å². The molecule has 1 amide bonds. The van der Waals surface area contributed by atoms with Crippen molar-refractivity contribution in [3.8, 4) is 0 Å². The number of amides is 1. The lowest BCUT2D eigenvalue weighted by molar-refractivity contribution is -0.137. The van der Waals surface area contributed by atoms with Crippen LogP contribution in [0.3, 0.4) is 0 Å². The van der Waals surface area contributed by atoms with Crippen LogP contribution in [0, 0.1) is 11.7 Å². The second-order valence-corrected chi connectivity index (χ2v) is 7.90. The van der Waals surface area contributed by atoms with E-state index in [2.05, 4.69) is 25.4 Å². The molecule has 1 aromatic rings. The summed E-state index contributed by atoms with van der Waals surface area (Å²) in [6, 6.07) is 6.44. The number of carbonyl (C=O) groups is 1. The minimum Gasteiger partial charge on any atom is -0.357 e. The highest BCUT2D eigenvalue weighted by molar-refractivity contribution is 14.0. The maximum Gasteiger partial charge on any atom is 0.225 e. The van der Waals surface area contributed by atoms with Gasteiger partial charge in [-0.1, -0.05) is 25.0 Å². The summed E-state index contributed by atoms with van der Waals surface area (Å²) < 4.78 is 13.0. The van der Waals surface area contributed by atoms with Crippen LogP contribution in [0.5, 0.6) is 0 Å². The number of aliphatic imine (C=N–C) groups is 1. The maximum absolute atomic E-state index is 13.0. The van der Waals surface area contributed by atoms with E-state index in [1.165, 1.54) is 25.0 Å². The fourth-order valence-electron chi connectivity index (χ4n) is 4.06. The number of nitrogens with zero attached hydrogens (tertiary/aromatic N) is 3. The predicted molar refractivity (Wildman–Crippen MR) is 130 cm³/mol. The van der Waals surface area contributed by atoms with E-state index in [0.717, 1.165) is 70.2 Å². The largest absolute Gasteiger partial charge is 0.357 e. The molecule has 2 aliphatic rings. The second-order valence-electron chi connectivity index (χ2n) is 7.90. The summed E-state index contributed by atoms with van der Waals surface area (Å²) in [5, 5.41) is 6.62. The quantitative estimate of drug-likeness (QED) is 0.323. The molecular weight excluding hydrogens is 496 g/mol. The van der Waals surface area contributed by atoms with Crippen molar-refractivity contribution >= 4 is 35.8 Å². The van der Waals surface area contributed by atoms with Crippen LogP contribution in [0.25, 0.3) is 0 Å². The van der Waals surface area contributed by atoms with E-state index in [4.69, 9.17) is 0 Å². The molecule has 168 valence electrons. The van der Waals surface area contributed by atoms with Gasteiger partial charge in [-0.2, -0.15) is 0 Å². The number of hydrogen-bond acceptors (Lipinski definition) is 3. The summed E-state index contributed by atoms with van der Waals surface area (Å²) in [7, 11) is 0. The van der Waals surface area contributed by atoms with E-state index in [9.17, 15) is 9.18 Å². The molecule has 0 radical (unpaired) electrons. The molecule has 0 unspecified atom stereocenters. The third kappa shape index (κ3) is 7.68. The molecule has 1 aliphatic carbocycles. The summed E-state index contributed by atoms with van der Waals surface area (Å²) in [5.41, 5.74) is 0.978. The number of piperazine rings is 1. The number of benzene rings is 1. The van der Waals surface area contributed by atoms with Gasteiger partial charge < -0.3 is 15.5 Å². The van der Waals surface area contributed by atoms with Crippen LogP contribution in [-0.2, 0) is 11.3 Å². The van der Waals surface area contributed by atoms with E-state index in [0.29, 0.717) is 12.5 Å². The molecule has 1 saturated carbocycles. The highest BCUT2D eigenvalue weighted by Crippen LogP contribution is 2.26. The highest BCUT2D eigenvalue weighted by Gasteiger charge is 2.29. The van der Waals surface area contributed by atoms with Gasteiger partial charge >= 0.3 is 0 Å². The van der Waals surface area contributed by atoms with Crippen molar-refractivity contribution in [2.75, 3.05) is 45.8 Å². The SMILES string of the molecule is CCNC(=NCc1ccc(F)cc1)NCCN1CCN(C(=O)C2CCCC2)CC1.I. The zero-order valence-corrected chi connectivity index (χ0v) is 20.2. The van der Waals surface area contributed by atoms with Crippen molar-refractivity contribution in [2.24, 2.45) is 10.9 Å². The van der Waals surface area contributed by atoms with Gasteiger partial charge in [-0.15, -0.1) is 24.0 Å². The Bertz CT molecular complexity index is 671. The van der Waals surface area contributed by atoms with Gasteiger partial charge in [-0.05, 0) is 37.5 Å². The number of hydrogen-bond donors (Lipinski definition) is 2. The van der Waals surface area contributed by atoms with Gasteiger partial charge in [0.1, 0.15) is 5.82 Å². The molecule has 1 aliphatic heterocycles. The average molecular weight is 531 g/mol. The smallest absolute Gasteiger partial charge is 0.225 e.